The third-order valence-corrected chi connectivity index (χ3v) is 2.62. The minimum absolute atomic E-state index is 0.222. The number of ether oxygens (including phenoxy) is 1. The highest BCUT2D eigenvalue weighted by atomic mass is 16.6. The Morgan fingerprint density at radius 1 is 1.14 bits per heavy atom. The van der Waals surface area contributed by atoms with Gasteiger partial charge in [0.2, 0.25) is 0 Å². The number of aromatic nitrogens is 1. The molecule has 0 N–H and O–H groups in total. The molecule has 1 fully saturated rings. The lowest BCUT2D eigenvalue weighted by Gasteiger charge is -1.98. The van der Waals surface area contributed by atoms with Crippen molar-refractivity contribution in [3.8, 4) is 0 Å². The fourth-order valence-electron chi connectivity index (χ4n) is 1.74. The van der Waals surface area contributed by atoms with Crippen LogP contribution in [0.4, 0.5) is 0 Å². The highest BCUT2D eigenvalue weighted by Crippen LogP contribution is 2.37. The third-order valence-electron chi connectivity index (χ3n) is 2.62. The molecule has 0 bridgehead atoms. The monoisotopic (exact) mass is 185 g/mol. The Morgan fingerprint density at radius 2 is 1.93 bits per heavy atom. The van der Waals surface area contributed by atoms with Gasteiger partial charge in [0.05, 0.1) is 17.3 Å². The van der Waals surface area contributed by atoms with E-state index in [0.717, 1.165) is 11.2 Å². The van der Waals surface area contributed by atoms with Gasteiger partial charge in [-0.25, -0.2) is 4.98 Å². The summed E-state index contributed by atoms with van der Waals surface area (Å²) in [4.78, 5) is 4.56. The van der Waals surface area contributed by atoms with Crippen molar-refractivity contribution in [3.05, 3.63) is 42.1 Å². The van der Waals surface area contributed by atoms with Crippen molar-refractivity contribution < 1.29 is 4.74 Å². The van der Waals surface area contributed by atoms with E-state index in [-0.39, 0.29) is 6.10 Å². The summed E-state index contributed by atoms with van der Waals surface area (Å²) in [5, 5.41) is 1.18. The third kappa shape index (κ3) is 1.19. The molecule has 2 aromatic rings. The maximum Gasteiger partial charge on any atom is 0.126 e. The number of pyridine rings is 1. The van der Waals surface area contributed by atoms with Gasteiger partial charge in [-0.1, -0.05) is 24.3 Å². The van der Waals surface area contributed by atoms with E-state index >= 15 is 0 Å². The summed E-state index contributed by atoms with van der Waals surface area (Å²) in [6, 6.07) is 12.3. The van der Waals surface area contributed by atoms with Crippen LogP contribution in [-0.2, 0) is 4.74 Å². The first-order valence-electron chi connectivity index (χ1n) is 4.86. The van der Waals surface area contributed by atoms with E-state index in [2.05, 4.69) is 30.1 Å². The summed E-state index contributed by atoms with van der Waals surface area (Å²) in [6.07, 6.45) is 0.559. The molecular weight excluding hydrogens is 174 g/mol. The highest BCUT2D eigenvalue weighted by molar-refractivity contribution is 5.78. The molecule has 1 aliphatic rings. The second kappa shape index (κ2) is 2.79. The molecule has 2 nitrogen and oxygen atoms in total. The molecule has 2 heteroatoms. The minimum atomic E-state index is 0.222. The summed E-state index contributed by atoms with van der Waals surface area (Å²) in [5.74, 6) is 0. The second-order valence-electron chi connectivity index (χ2n) is 3.69. The van der Waals surface area contributed by atoms with E-state index < -0.39 is 0 Å². The lowest BCUT2D eigenvalue weighted by atomic mass is 10.1. The Hall–Kier alpha value is -1.41. The lowest BCUT2D eigenvalue weighted by Crippen LogP contribution is -1.89. The van der Waals surface area contributed by atoms with Crippen LogP contribution < -0.4 is 0 Å². The summed E-state index contributed by atoms with van der Waals surface area (Å²) in [5.41, 5.74) is 2.10. The van der Waals surface area contributed by atoms with Gasteiger partial charge in [-0.05, 0) is 19.1 Å². The van der Waals surface area contributed by atoms with Crippen LogP contribution in [-0.4, -0.2) is 11.1 Å². The van der Waals surface area contributed by atoms with Crippen molar-refractivity contribution in [2.75, 3.05) is 0 Å². The molecular formula is C12H11NO. The molecule has 0 spiro atoms. The second-order valence-corrected chi connectivity index (χ2v) is 3.69. The summed E-state index contributed by atoms with van der Waals surface area (Å²) in [6.45, 7) is 2.07. The molecule has 2 atom stereocenters. The molecule has 2 heterocycles. The molecule has 3 rings (SSSR count). The minimum Gasteiger partial charge on any atom is -0.363 e. The van der Waals surface area contributed by atoms with Gasteiger partial charge < -0.3 is 4.74 Å². The maximum absolute atomic E-state index is 5.39. The van der Waals surface area contributed by atoms with Crippen molar-refractivity contribution in [3.63, 3.8) is 0 Å². The van der Waals surface area contributed by atoms with Crippen LogP contribution in [0.2, 0.25) is 0 Å². The zero-order valence-corrected chi connectivity index (χ0v) is 7.97. The molecule has 0 radical (unpaired) electrons. The van der Waals surface area contributed by atoms with E-state index in [1.54, 1.807) is 0 Å². The molecule has 1 aliphatic heterocycles. The summed E-state index contributed by atoms with van der Waals surface area (Å²) < 4.78 is 5.39. The van der Waals surface area contributed by atoms with E-state index in [1.165, 1.54) is 5.39 Å². The first-order chi connectivity index (χ1) is 6.84. The fourth-order valence-corrected chi connectivity index (χ4v) is 1.74. The SMILES string of the molecule is C[C@H]1O[C@@H]1c1ccc2ccccc2n1. The first-order valence-corrected chi connectivity index (χ1v) is 4.86. The van der Waals surface area contributed by atoms with Crippen molar-refractivity contribution in [2.24, 2.45) is 0 Å². The van der Waals surface area contributed by atoms with Gasteiger partial charge in [0.15, 0.2) is 0 Å². The highest BCUT2D eigenvalue weighted by Gasteiger charge is 2.36. The Labute approximate surface area is 82.5 Å². The van der Waals surface area contributed by atoms with Gasteiger partial charge >= 0.3 is 0 Å². The lowest BCUT2D eigenvalue weighted by molar-refractivity contribution is 0.380. The average molecular weight is 185 g/mol. The van der Waals surface area contributed by atoms with Gasteiger partial charge in [-0.2, -0.15) is 0 Å². The zero-order valence-electron chi connectivity index (χ0n) is 7.97. The standard InChI is InChI=1S/C12H11NO/c1-8-12(14-8)11-7-6-9-4-2-3-5-10(9)13-11/h2-8,12H,1H3/t8-,12+/m1/s1. The number of benzene rings is 1. The number of rotatable bonds is 1. The quantitative estimate of drug-likeness (QED) is 0.638. The number of fused-ring (bicyclic) bond motifs is 1. The summed E-state index contributed by atoms with van der Waals surface area (Å²) in [7, 11) is 0. The predicted octanol–water partition coefficient (Wildman–Crippen LogP) is 2.69. The van der Waals surface area contributed by atoms with Gasteiger partial charge in [-0.15, -0.1) is 0 Å². The van der Waals surface area contributed by atoms with Gasteiger partial charge in [0, 0.05) is 5.39 Å². The molecule has 0 amide bonds. The van der Waals surface area contributed by atoms with Crippen molar-refractivity contribution in [1.82, 2.24) is 4.98 Å². The fraction of sp³-hybridized carbons (Fsp3) is 0.250. The Bertz CT molecular complexity index is 480. The molecule has 1 saturated heterocycles. The Kier molecular flexibility index (Phi) is 1.58. The Balaban J connectivity index is 2.11. The predicted molar refractivity (Wildman–Crippen MR) is 55.0 cm³/mol. The largest absolute Gasteiger partial charge is 0.363 e. The maximum atomic E-state index is 5.39. The smallest absolute Gasteiger partial charge is 0.126 e. The van der Waals surface area contributed by atoms with Crippen LogP contribution in [0.1, 0.15) is 18.7 Å². The molecule has 0 aliphatic carbocycles. The van der Waals surface area contributed by atoms with Crippen LogP contribution in [0.5, 0.6) is 0 Å². The normalized spacial score (nSPS) is 25.2. The van der Waals surface area contributed by atoms with Crippen LogP contribution >= 0.6 is 0 Å². The molecule has 14 heavy (non-hydrogen) atoms. The average Bonchev–Trinajstić information content (AvgIpc) is 2.95. The Morgan fingerprint density at radius 3 is 2.71 bits per heavy atom. The number of para-hydroxylation sites is 1. The van der Waals surface area contributed by atoms with Gasteiger partial charge in [0.25, 0.3) is 0 Å². The van der Waals surface area contributed by atoms with Crippen molar-refractivity contribution >= 4 is 10.9 Å². The molecule has 1 aromatic heterocycles. The number of nitrogens with zero attached hydrogens (tertiary/aromatic N) is 1. The molecule has 1 aromatic carbocycles. The first kappa shape index (κ1) is 7.94. The van der Waals surface area contributed by atoms with E-state index in [9.17, 15) is 0 Å². The van der Waals surface area contributed by atoms with Gasteiger partial charge in [0.1, 0.15) is 6.10 Å². The van der Waals surface area contributed by atoms with Crippen molar-refractivity contribution in [2.45, 2.75) is 19.1 Å². The number of hydrogen-bond acceptors (Lipinski definition) is 2. The zero-order chi connectivity index (χ0) is 9.54. The van der Waals surface area contributed by atoms with E-state index in [1.807, 2.05) is 18.2 Å². The molecule has 0 saturated carbocycles. The van der Waals surface area contributed by atoms with Crippen LogP contribution in [0.15, 0.2) is 36.4 Å². The number of hydrogen-bond donors (Lipinski definition) is 0. The van der Waals surface area contributed by atoms with E-state index in [0.29, 0.717) is 6.10 Å². The van der Waals surface area contributed by atoms with E-state index in [4.69, 9.17) is 4.74 Å². The molecule has 70 valence electrons. The van der Waals surface area contributed by atoms with Crippen molar-refractivity contribution in [1.29, 1.82) is 0 Å². The van der Waals surface area contributed by atoms with Crippen LogP contribution in [0.3, 0.4) is 0 Å². The van der Waals surface area contributed by atoms with Crippen LogP contribution in [0, 0.1) is 0 Å². The van der Waals surface area contributed by atoms with Crippen LogP contribution in [0.25, 0.3) is 10.9 Å². The summed E-state index contributed by atoms with van der Waals surface area (Å²) >= 11 is 0. The number of epoxide rings is 1. The molecule has 0 unspecified atom stereocenters. The van der Waals surface area contributed by atoms with Gasteiger partial charge in [-0.3, -0.25) is 0 Å². The topological polar surface area (TPSA) is 25.4 Å².